The number of aromatic nitrogens is 1. The van der Waals surface area contributed by atoms with Crippen LogP contribution in [0.1, 0.15) is 33.2 Å². The van der Waals surface area contributed by atoms with Gasteiger partial charge in [0.25, 0.3) is 5.91 Å². The summed E-state index contributed by atoms with van der Waals surface area (Å²) in [5.74, 6) is 0.796. The minimum Gasteiger partial charge on any atom is -0.497 e. The molecule has 0 fully saturated rings. The van der Waals surface area contributed by atoms with Gasteiger partial charge in [0.2, 0.25) is 0 Å². The van der Waals surface area contributed by atoms with Gasteiger partial charge in [-0.25, -0.2) is 0 Å². The second kappa shape index (κ2) is 6.52. The molecule has 0 saturated heterocycles. The number of nitrogens with zero attached hydrogens (tertiary/aromatic N) is 2. The van der Waals surface area contributed by atoms with E-state index < -0.39 is 0 Å². The molecule has 1 aliphatic heterocycles. The number of aryl methyl sites for hydroxylation is 2. The van der Waals surface area contributed by atoms with Gasteiger partial charge >= 0.3 is 0 Å². The van der Waals surface area contributed by atoms with Gasteiger partial charge in [-0.15, -0.1) is 0 Å². The van der Waals surface area contributed by atoms with Crippen molar-refractivity contribution in [3.05, 3.63) is 95.2 Å². The Morgan fingerprint density at radius 1 is 0.897 bits per heavy atom. The zero-order chi connectivity index (χ0) is 20.1. The van der Waals surface area contributed by atoms with E-state index in [1.165, 1.54) is 5.56 Å². The van der Waals surface area contributed by atoms with Crippen LogP contribution in [0.2, 0.25) is 0 Å². The number of carbonyl (C=O) groups is 1. The van der Waals surface area contributed by atoms with Crippen LogP contribution in [0.3, 0.4) is 0 Å². The molecule has 2 heterocycles. The van der Waals surface area contributed by atoms with Crippen molar-refractivity contribution in [2.45, 2.75) is 13.0 Å². The lowest BCUT2D eigenvalue weighted by Gasteiger charge is -2.27. The normalized spacial score (nSPS) is 15.8. The molecule has 0 bridgehead atoms. The van der Waals surface area contributed by atoms with E-state index in [1.807, 2.05) is 52.9 Å². The molecule has 1 aliphatic rings. The van der Waals surface area contributed by atoms with Crippen molar-refractivity contribution < 1.29 is 9.53 Å². The van der Waals surface area contributed by atoms with E-state index >= 15 is 0 Å². The highest BCUT2D eigenvalue weighted by atomic mass is 16.5. The molecule has 4 aromatic rings. The lowest BCUT2D eigenvalue weighted by Crippen LogP contribution is -2.29. The largest absolute Gasteiger partial charge is 0.497 e. The number of benzene rings is 3. The third kappa shape index (κ3) is 2.56. The second-order valence-electron chi connectivity index (χ2n) is 7.52. The summed E-state index contributed by atoms with van der Waals surface area (Å²) in [7, 11) is 3.62. The molecular weight excluding hydrogens is 360 g/mol. The molecule has 1 amide bonds. The van der Waals surface area contributed by atoms with E-state index in [1.54, 1.807) is 7.11 Å². The van der Waals surface area contributed by atoms with Crippen LogP contribution in [0, 0.1) is 6.92 Å². The molecule has 0 saturated carbocycles. The van der Waals surface area contributed by atoms with Crippen LogP contribution in [0.5, 0.6) is 5.75 Å². The number of amides is 1. The smallest absolute Gasteiger partial charge is 0.276 e. The minimum absolute atomic E-state index is 0.0226. The average molecular weight is 382 g/mol. The first-order chi connectivity index (χ1) is 14.1. The molecule has 0 spiro atoms. The zero-order valence-electron chi connectivity index (χ0n) is 16.7. The Labute approximate surface area is 170 Å². The number of rotatable bonds is 3. The van der Waals surface area contributed by atoms with E-state index in [0.717, 1.165) is 39.2 Å². The van der Waals surface area contributed by atoms with Crippen molar-refractivity contribution in [1.82, 2.24) is 4.57 Å². The predicted octanol–water partition coefficient (Wildman–Crippen LogP) is 5.25. The van der Waals surface area contributed by atoms with Crippen molar-refractivity contribution in [2.75, 3.05) is 12.0 Å². The van der Waals surface area contributed by atoms with E-state index in [0.29, 0.717) is 0 Å². The quantitative estimate of drug-likeness (QED) is 0.485. The molecule has 144 valence electrons. The fourth-order valence-corrected chi connectivity index (χ4v) is 4.39. The standard InChI is InChI=1S/C25H22N2O2/c1-16-8-10-17(11-9-16)23-22-20-6-4-5-7-21(20)26(2)24(22)25(28)27(23)18-12-14-19(29-3)15-13-18/h4-15,23H,1-3H3. The average Bonchev–Trinajstić information content (AvgIpc) is 3.22. The van der Waals surface area contributed by atoms with Crippen LogP contribution >= 0.6 is 0 Å². The highest BCUT2D eigenvalue weighted by Gasteiger charge is 2.42. The zero-order valence-corrected chi connectivity index (χ0v) is 16.7. The van der Waals surface area contributed by atoms with Gasteiger partial charge in [-0.2, -0.15) is 0 Å². The van der Waals surface area contributed by atoms with Gasteiger partial charge in [0.05, 0.1) is 13.2 Å². The maximum Gasteiger partial charge on any atom is 0.276 e. The topological polar surface area (TPSA) is 34.5 Å². The van der Waals surface area contributed by atoms with Gasteiger partial charge in [0.15, 0.2) is 0 Å². The van der Waals surface area contributed by atoms with Gasteiger partial charge < -0.3 is 9.30 Å². The molecule has 5 rings (SSSR count). The first-order valence-corrected chi connectivity index (χ1v) is 9.71. The summed E-state index contributed by atoms with van der Waals surface area (Å²) < 4.78 is 7.32. The Balaban J connectivity index is 1.76. The Morgan fingerprint density at radius 3 is 2.28 bits per heavy atom. The van der Waals surface area contributed by atoms with Gasteiger partial charge in [0.1, 0.15) is 11.4 Å². The van der Waals surface area contributed by atoms with Gasteiger partial charge in [-0.1, -0.05) is 48.0 Å². The molecule has 0 N–H and O–H groups in total. The fraction of sp³-hybridized carbons (Fsp3) is 0.160. The van der Waals surface area contributed by atoms with Gasteiger partial charge in [-0.05, 0) is 42.8 Å². The molecule has 1 unspecified atom stereocenters. The third-order valence-corrected chi connectivity index (χ3v) is 5.84. The number of para-hydroxylation sites is 1. The van der Waals surface area contributed by atoms with Crippen LogP contribution in [-0.2, 0) is 7.05 Å². The molecule has 1 atom stereocenters. The van der Waals surface area contributed by atoms with Crippen molar-refractivity contribution in [3.8, 4) is 5.75 Å². The number of hydrogen-bond donors (Lipinski definition) is 0. The summed E-state index contributed by atoms with van der Waals surface area (Å²) in [6, 6.07) is 24.2. The van der Waals surface area contributed by atoms with Gasteiger partial charge in [-0.3, -0.25) is 9.69 Å². The molecule has 1 aromatic heterocycles. The summed E-state index contributed by atoms with van der Waals surface area (Å²) in [5, 5.41) is 1.12. The highest BCUT2D eigenvalue weighted by Crippen LogP contribution is 2.46. The first-order valence-electron chi connectivity index (χ1n) is 9.71. The Hall–Kier alpha value is -3.53. The Bertz CT molecular complexity index is 1220. The van der Waals surface area contributed by atoms with Crippen molar-refractivity contribution in [1.29, 1.82) is 0 Å². The van der Waals surface area contributed by atoms with Crippen LogP contribution in [0.15, 0.2) is 72.8 Å². The highest BCUT2D eigenvalue weighted by molar-refractivity contribution is 6.15. The molecule has 4 heteroatoms. The Kier molecular flexibility index (Phi) is 3.95. The van der Waals surface area contributed by atoms with Crippen LogP contribution in [-0.4, -0.2) is 17.6 Å². The number of hydrogen-bond acceptors (Lipinski definition) is 2. The first kappa shape index (κ1) is 17.6. The third-order valence-electron chi connectivity index (χ3n) is 5.84. The van der Waals surface area contributed by atoms with Gasteiger partial charge in [0, 0.05) is 29.2 Å². The van der Waals surface area contributed by atoms with Crippen LogP contribution < -0.4 is 9.64 Å². The number of anilines is 1. The van der Waals surface area contributed by atoms with Crippen LogP contribution in [0.4, 0.5) is 5.69 Å². The summed E-state index contributed by atoms with van der Waals surface area (Å²) in [4.78, 5) is 15.6. The summed E-state index contributed by atoms with van der Waals surface area (Å²) in [6.07, 6.45) is 0. The number of ether oxygens (including phenoxy) is 1. The maximum atomic E-state index is 13.7. The van der Waals surface area contributed by atoms with Crippen molar-refractivity contribution >= 4 is 22.5 Å². The van der Waals surface area contributed by atoms with Crippen LogP contribution in [0.25, 0.3) is 10.9 Å². The summed E-state index contributed by atoms with van der Waals surface area (Å²) >= 11 is 0. The fourth-order valence-electron chi connectivity index (χ4n) is 4.39. The molecule has 0 aliphatic carbocycles. The number of carbonyl (C=O) groups excluding carboxylic acids is 1. The minimum atomic E-state index is -0.169. The van der Waals surface area contributed by atoms with E-state index in [-0.39, 0.29) is 11.9 Å². The maximum absolute atomic E-state index is 13.7. The monoisotopic (exact) mass is 382 g/mol. The molecule has 3 aromatic carbocycles. The summed E-state index contributed by atoms with van der Waals surface area (Å²) in [5.41, 5.74) is 6.08. The molecule has 29 heavy (non-hydrogen) atoms. The van der Waals surface area contributed by atoms with E-state index in [2.05, 4.69) is 43.3 Å². The molecule has 4 nitrogen and oxygen atoms in total. The van der Waals surface area contributed by atoms with Crippen molar-refractivity contribution in [2.24, 2.45) is 7.05 Å². The molecule has 0 radical (unpaired) electrons. The van der Waals surface area contributed by atoms with Crippen molar-refractivity contribution in [3.63, 3.8) is 0 Å². The van der Waals surface area contributed by atoms with E-state index in [9.17, 15) is 4.79 Å². The molecular formula is C25H22N2O2. The SMILES string of the molecule is COc1ccc(N2C(=O)c3c(c4ccccc4n3C)C2c2ccc(C)cc2)cc1. The second-order valence-corrected chi connectivity index (χ2v) is 7.52. The number of fused-ring (bicyclic) bond motifs is 3. The van der Waals surface area contributed by atoms with E-state index in [4.69, 9.17) is 4.74 Å². The number of methoxy groups -OCH3 is 1. The lowest BCUT2D eigenvalue weighted by atomic mass is 9.97. The lowest BCUT2D eigenvalue weighted by molar-refractivity contribution is 0.0986. The predicted molar refractivity (Wildman–Crippen MR) is 116 cm³/mol. The Morgan fingerprint density at radius 2 is 1.59 bits per heavy atom. The summed E-state index contributed by atoms with van der Waals surface area (Å²) in [6.45, 7) is 2.08.